The van der Waals surface area contributed by atoms with Crippen LogP contribution >= 0.6 is 11.3 Å². The van der Waals surface area contributed by atoms with Crippen LogP contribution in [0.25, 0.3) is 10.2 Å². The van der Waals surface area contributed by atoms with Gasteiger partial charge in [-0.2, -0.15) is 0 Å². The summed E-state index contributed by atoms with van der Waals surface area (Å²) in [6.07, 6.45) is 2.63. The van der Waals surface area contributed by atoms with Gasteiger partial charge in [-0.15, -0.1) is 11.3 Å². The predicted molar refractivity (Wildman–Crippen MR) is 82.2 cm³/mol. The first-order chi connectivity index (χ1) is 9.74. The highest BCUT2D eigenvalue weighted by atomic mass is 32.1. The Morgan fingerprint density at radius 2 is 2.30 bits per heavy atom. The molecule has 5 nitrogen and oxygen atoms in total. The Bertz CT molecular complexity index is 629. The van der Waals surface area contributed by atoms with Gasteiger partial charge in [-0.1, -0.05) is 0 Å². The fourth-order valence-electron chi connectivity index (χ4n) is 2.72. The monoisotopic (exact) mass is 292 g/mol. The minimum atomic E-state index is -0.0330. The van der Waals surface area contributed by atoms with E-state index < -0.39 is 0 Å². The minimum Gasteiger partial charge on any atom is -0.308 e. The standard InChI is InChI=1S/C14H20N4OS/c1-10(18-5-2-3-6-18)8-15-9-12-16-11-4-7-20-13(11)14(19)17-12/h4,7,10,15H,2-3,5-6,8-9H2,1H3,(H,16,17,19). The van der Waals surface area contributed by atoms with Crippen molar-refractivity contribution in [1.82, 2.24) is 20.2 Å². The summed E-state index contributed by atoms with van der Waals surface area (Å²) < 4.78 is 0.708. The van der Waals surface area contributed by atoms with Gasteiger partial charge in [-0.25, -0.2) is 4.98 Å². The molecule has 0 bridgehead atoms. The summed E-state index contributed by atoms with van der Waals surface area (Å²) in [6.45, 7) is 6.19. The second-order valence-corrected chi connectivity index (χ2v) is 6.29. The van der Waals surface area contributed by atoms with Crippen LogP contribution in [-0.4, -0.2) is 40.5 Å². The summed E-state index contributed by atoms with van der Waals surface area (Å²) in [7, 11) is 0. The van der Waals surface area contributed by atoms with Crippen LogP contribution in [0.2, 0.25) is 0 Å². The number of aromatic amines is 1. The van der Waals surface area contributed by atoms with E-state index in [-0.39, 0.29) is 5.56 Å². The average molecular weight is 292 g/mol. The zero-order valence-corrected chi connectivity index (χ0v) is 12.5. The molecule has 1 aliphatic rings. The SMILES string of the molecule is CC(CNCc1nc2ccsc2c(=O)[nH]1)N1CCCC1. The second-order valence-electron chi connectivity index (χ2n) is 5.37. The third kappa shape index (κ3) is 2.92. The van der Waals surface area contributed by atoms with Gasteiger partial charge in [0.15, 0.2) is 0 Å². The largest absolute Gasteiger partial charge is 0.308 e. The van der Waals surface area contributed by atoms with E-state index in [2.05, 4.69) is 27.1 Å². The number of H-pyrrole nitrogens is 1. The Kier molecular flexibility index (Phi) is 4.14. The Morgan fingerprint density at radius 3 is 3.10 bits per heavy atom. The highest BCUT2D eigenvalue weighted by Crippen LogP contribution is 2.13. The molecule has 3 rings (SSSR count). The van der Waals surface area contributed by atoms with E-state index in [0.717, 1.165) is 17.9 Å². The molecule has 0 radical (unpaired) electrons. The Morgan fingerprint density at radius 1 is 1.50 bits per heavy atom. The molecule has 2 aromatic heterocycles. The summed E-state index contributed by atoms with van der Waals surface area (Å²) in [4.78, 5) is 21.7. The number of thiophene rings is 1. The molecule has 0 aliphatic carbocycles. The Hall–Kier alpha value is -1.24. The average Bonchev–Trinajstić information content (AvgIpc) is 3.09. The van der Waals surface area contributed by atoms with Gasteiger partial charge in [0.2, 0.25) is 0 Å². The van der Waals surface area contributed by atoms with E-state index in [0.29, 0.717) is 17.3 Å². The molecule has 108 valence electrons. The summed E-state index contributed by atoms with van der Waals surface area (Å²) in [5.74, 6) is 0.717. The lowest BCUT2D eigenvalue weighted by molar-refractivity contribution is 0.251. The molecule has 0 spiro atoms. The molecule has 2 N–H and O–H groups in total. The summed E-state index contributed by atoms with van der Waals surface area (Å²) in [6, 6.07) is 2.43. The molecule has 3 heterocycles. The third-order valence-electron chi connectivity index (χ3n) is 3.86. The highest BCUT2D eigenvalue weighted by Gasteiger charge is 2.17. The van der Waals surface area contributed by atoms with Crippen LogP contribution in [-0.2, 0) is 6.54 Å². The van der Waals surface area contributed by atoms with E-state index in [1.165, 1.54) is 37.3 Å². The topological polar surface area (TPSA) is 61.0 Å². The summed E-state index contributed by atoms with van der Waals surface area (Å²) >= 11 is 1.43. The number of hydrogen-bond acceptors (Lipinski definition) is 5. The lowest BCUT2D eigenvalue weighted by Gasteiger charge is -2.23. The van der Waals surface area contributed by atoms with Crippen molar-refractivity contribution in [2.75, 3.05) is 19.6 Å². The molecule has 1 unspecified atom stereocenters. The fourth-order valence-corrected chi connectivity index (χ4v) is 3.44. The smallest absolute Gasteiger partial charge is 0.268 e. The zero-order valence-electron chi connectivity index (χ0n) is 11.7. The van der Waals surface area contributed by atoms with Gasteiger partial charge in [0, 0.05) is 12.6 Å². The van der Waals surface area contributed by atoms with E-state index in [4.69, 9.17) is 0 Å². The van der Waals surface area contributed by atoms with Crippen molar-refractivity contribution < 1.29 is 0 Å². The van der Waals surface area contributed by atoms with Crippen molar-refractivity contribution in [3.63, 3.8) is 0 Å². The Labute approximate surface area is 122 Å². The van der Waals surface area contributed by atoms with Crippen molar-refractivity contribution in [3.05, 3.63) is 27.6 Å². The van der Waals surface area contributed by atoms with Gasteiger partial charge >= 0.3 is 0 Å². The van der Waals surface area contributed by atoms with Gasteiger partial charge in [-0.3, -0.25) is 9.69 Å². The molecular weight excluding hydrogens is 272 g/mol. The number of rotatable bonds is 5. The second kappa shape index (κ2) is 6.03. The van der Waals surface area contributed by atoms with E-state index in [1.54, 1.807) is 0 Å². The molecule has 1 atom stereocenters. The molecule has 2 aromatic rings. The quantitative estimate of drug-likeness (QED) is 0.878. The van der Waals surface area contributed by atoms with Gasteiger partial charge in [0.25, 0.3) is 5.56 Å². The molecule has 1 saturated heterocycles. The molecule has 6 heteroatoms. The first-order valence-corrected chi connectivity index (χ1v) is 8.03. The highest BCUT2D eigenvalue weighted by molar-refractivity contribution is 7.17. The van der Waals surface area contributed by atoms with Gasteiger partial charge in [0.05, 0.1) is 12.1 Å². The van der Waals surface area contributed by atoms with Crippen LogP contribution in [0, 0.1) is 0 Å². The molecule has 1 fully saturated rings. The van der Waals surface area contributed by atoms with Crippen molar-refractivity contribution in [3.8, 4) is 0 Å². The molecule has 0 amide bonds. The Balaban J connectivity index is 1.58. The lowest BCUT2D eigenvalue weighted by Crippen LogP contribution is -2.38. The number of nitrogens with one attached hydrogen (secondary N) is 2. The van der Waals surface area contributed by atoms with Gasteiger partial charge in [0.1, 0.15) is 10.5 Å². The maximum Gasteiger partial charge on any atom is 0.268 e. The maximum absolute atomic E-state index is 11.8. The minimum absolute atomic E-state index is 0.0330. The van der Waals surface area contributed by atoms with Gasteiger partial charge in [-0.05, 0) is 44.3 Å². The van der Waals surface area contributed by atoms with Crippen LogP contribution in [0.15, 0.2) is 16.2 Å². The van der Waals surface area contributed by atoms with Crippen LogP contribution < -0.4 is 10.9 Å². The van der Waals surface area contributed by atoms with Gasteiger partial charge < -0.3 is 10.3 Å². The van der Waals surface area contributed by atoms with Crippen molar-refractivity contribution in [2.45, 2.75) is 32.4 Å². The lowest BCUT2D eigenvalue weighted by atomic mass is 10.3. The predicted octanol–water partition coefficient (Wildman–Crippen LogP) is 1.56. The van der Waals surface area contributed by atoms with E-state index >= 15 is 0 Å². The van der Waals surface area contributed by atoms with Crippen LogP contribution in [0.1, 0.15) is 25.6 Å². The van der Waals surface area contributed by atoms with E-state index in [1.807, 2.05) is 11.4 Å². The number of hydrogen-bond donors (Lipinski definition) is 2. The normalized spacial score (nSPS) is 17.9. The zero-order chi connectivity index (χ0) is 13.9. The molecular formula is C14H20N4OS. The summed E-state index contributed by atoms with van der Waals surface area (Å²) in [5, 5.41) is 5.29. The number of aromatic nitrogens is 2. The van der Waals surface area contributed by atoms with E-state index in [9.17, 15) is 4.79 Å². The van der Waals surface area contributed by atoms with Crippen LogP contribution in [0.3, 0.4) is 0 Å². The van der Waals surface area contributed by atoms with Crippen LogP contribution in [0.4, 0.5) is 0 Å². The number of nitrogens with zero attached hydrogens (tertiary/aromatic N) is 2. The summed E-state index contributed by atoms with van der Waals surface area (Å²) in [5.41, 5.74) is 0.762. The molecule has 1 aliphatic heterocycles. The first-order valence-electron chi connectivity index (χ1n) is 7.15. The van der Waals surface area contributed by atoms with Crippen molar-refractivity contribution >= 4 is 21.6 Å². The van der Waals surface area contributed by atoms with Crippen molar-refractivity contribution in [2.24, 2.45) is 0 Å². The number of fused-ring (bicyclic) bond motifs is 1. The molecule has 20 heavy (non-hydrogen) atoms. The number of likely N-dealkylation sites (tertiary alicyclic amines) is 1. The first kappa shape index (κ1) is 13.7. The molecule has 0 saturated carbocycles. The van der Waals surface area contributed by atoms with Crippen LogP contribution in [0.5, 0.6) is 0 Å². The van der Waals surface area contributed by atoms with Crippen molar-refractivity contribution in [1.29, 1.82) is 0 Å². The molecule has 0 aromatic carbocycles. The maximum atomic E-state index is 11.8. The fraction of sp³-hybridized carbons (Fsp3) is 0.571. The third-order valence-corrected chi connectivity index (χ3v) is 4.76.